The number of fused-ring (bicyclic) bond motifs is 1. The number of hydrogen-bond donors (Lipinski definition) is 1. The number of hydrogen-bond acceptors (Lipinski definition) is 6. The molecular weight excluding hydrogens is 435 g/mol. The zero-order valence-corrected chi connectivity index (χ0v) is 18.8. The van der Waals surface area contributed by atoms with E-state index in [4.69, 9.17) is 0 Å². The Bertz CT molecular complexity index is 1120. The van der Waals surface area contributed by atoms with Crippen molar-refractivity contribution in [1.29, 1.82) is 0 Å². The van der Waals surface area contributed by atoms with Crippen molar-refractivity contribution in [3.8, 4) is 0 Å². The molecule has 0 saturated carbocycles. The first-order chi connectivity index (χ1) is 15.3. The van der Waals surface area contributed by atoms with Crippen molar-refractivity contribution in [1.82, 2.24) is 13.8 Å². The predicted octanol–water partition coefficient (Wildman–Crippen LogP) is 2.33. The summed E-state index contributed by atoms with van der Waals surface area (Å²) in [6, 6.07) is 7.21. The number of carbonyl (C=O) groups is 1. The topological polar surface area (TPSA) is 95.2 Å². The third kappa shape index (κ3) is 4.35. The summed E-state index contributed by atoms with van der Waals surface area (Å²) in [5, 5.41) is 12.7. The Kier molecular flexibility index (Phi) is 6.45. The van der Waals surface area contributed by atoms with Gasteiger partial charge in [0.1, 0.15) is 16.4 Å². The van der Waals surface area contributed by atoms with Crippen LogP contribution in [-0.2, 0) is 17.1 Å². The molecule has 1 fully saturated rings. The van der Waals surface area contributed by atoms with Crippen LogP contribution < -0.4 is 0 Å². The largest absolute Gasteiger partial charge is 0.411 e. The number of rotatable bonds is 6. The molecule has 2 aliphatic rings. The summed E-state index contributed by atoms with van der Waals surface area (Å²) in [4.78, 5) is 15.0. The van der Waals surface area contributed by atoms with E-state index >= 15 is 0 Å². The molecule has 172 valence electrons. The number of halogens is 1. The van der Waals surface area contributed by atoms with Crippen LogP contribution in [0.1, 0.15) is 35.3 Å². The van der Waals surface area contributed by atoms with Crippen LogP contribution in [0.25, 0.3) is 0 Å². The number of piperidine rings is 1. The van der Waals surface area contributed by atoms with E-state index in [-0.39, 0.29) is 29.0 Å². The maximum atomic E-state index is 13.1. The van der Waals surface area contributed by atoms with E-state index in [0.29, 0.717) is 29.9 Å². The highest BCUT2D eigenvalue weighted by atomic mass is 32.2. The molecule has 0 aliphatic carbocycles. The number of likely N-dealkylation sites (tertiary alicyclic amines) is 1. The zero-order valence-electron chi connectivity index (χ0n) is 17.9. The second-order valence-electron chi connectivity index (χ2n) is 8.37. The fourth-order valence-electron chi connectivity index (χ4n) is 4.54. The van der Waals surface area contributed by atoms with Gasteiger partial charge in [0.15, 0.2) is 5.78 Å². The van der Waals surface area contributed by atoms with Gasteiger partial charge in [-0.25, -0.2) is 12.8 Å². The highest BCUT2D eigenvalue weighted by Gasteiger charge is 2.37. The highest BCUT2D eigenvalue weighted by molar-refractivity contribution is 7.89. The second kappa shape index (κ2) is 9.13. The summed E-state index contributed by atoms with van der Waals surface area (Å²) in [6.45, 7) is 2.60. The van der Waals surface area contributed by atoms with E-state index in [1.165, 1.54) is 34.6 Å². The average molecular weight is 463 g/mol. The van der Waals surface area contributed by atoms with Crippen LogP contribution in [0.5, 0.6) is 0 Å². The van der Waals surface area contributed by atoms with Crippen molar-refractivity contribution in [2.75, 3.05) is 32.7 Å². The molecule has 0 unspecified atom stereocenters. The van der Waals surface area contributed by atoms with Crippen molar-refractivity contribution in [3.63, 3.8) is 0 Å². The molecule has 1 aromatic carbocycles. The number of aromatic nitrogens is 1. The van der Waals surface area contributed by atoms with Crippen LogP contribution in [0.4, 0.5) is 4.39 Å². The van der Waals surface area contributed by atoms with Gasteiger partial charge in [-0.2, -0.15) is 4.31 Å². The number of ketones is 1. The number of sulfonamides is 1. The molecule has 0 amide bonds. The second-order valence-corrected chi connectivity index (χ2v) is 10.3. The smallest absolute Gasteiger partial charge is 0.245 e. The minimum absolute atomic E-state index is 0.0396. The number of oxime groups is 1. The van der Waals surface area contributed by atoms with E-state index in [0.717, 1.165) is 32.5 Å². The Morgan fingerprint density at radius 2 is 1.84 bits per heavy atom. The highest BCUT2D eigenvalue weighted by Crippen LogP contribution is 2.28. The van der Waals surface area contributed by atoms with Crippen LogP contribution in [-0.4, -0.2) is 71.6 Å². The normalized spacial score (nSPS) is 21.0. The number of aryl methyl sites for hydroxylation is 1. The summed E-state index contributed by atoms with van der Waals surface area (Å²) in [7, 11) is -1.91. The molecule has 1 N–H and O–H groups in total. The Morgan fingerprint density at radius 1 is 1.16 bits per heavy atom. The lowest BCUT2D eigenvalue weighted by molar-refractivity contribution is 0.0838. The molecular formula is C22H27FN4O4S. The molecule has 0 spiro atoms. The summed E-state index contributed by atoms with van der Waals surface area (Å²) >= 11 is 0. The van der Waals surface area contributed by atoms with E-state index in [9.17, 15) is 22.8 Å². The Balaban J connectivity index is 1.29. The summed E-state index contributed by atoms with van der Waals surface area (Å²) in [5.74, 6) is -0.370. The first-order valence-corrected chi connectivity index (χ1v) is 12.1. The van der Waals surface area contributed by atoms with Gasteiger partial charge in [0.2, 0.25) is 10.0 Å². The molecule has 1 aromatic heterocycles. The van der Waals surface area contributed by atoms with Crippen LogP contribution in [0, 0.1) is 11.7 Å². The van der Waals surface area contributed by atoms with Crippen molar-refractivity contribution in [3.05, 3.63) is 53.6 Å². The molecule has 3 heterocycles. The summed E-state index contributed by atoms with van der Waals surface area (Å²) in [5.41, 5.74) is 1.31. The first-order valence-electron chi connectivity index (χ1n) is 10.7. The number of benzene rings is 1. The minimum Gasteiger partial charge on any atom is -0.411 e. The Labute approximate surface area is 187 Å². The van der Waals surface area contributed by atoms with Gasteiger partial charge in [0, 0.05) is 31.3 Å². The fraction of sp³-hybridized carbons (Fsp3) is 0.455. The molecule has 0 atom stereocenters. The molecule has 10 heteroatoms. The summed E-state index contributed by atoms with van der Waals surface area (Å²) < 4.78 is 42.0. The van der Waals surface area contributed by atoms with Crippen molar-refractivity contribution in [2.24, 2.45) is 18.1 Å². The standard InChI is InChI=1S/C22H27FN4O4S/c1-25-12-9-20-21(25)19(24-29)15-27(32(20,30)31)11-2-10-26-13-7-17(8-14-26)22(28)16-3-5-18(23)6-4-16/h3-6,9,12,17,29H,2,7-8,10-11,13-15H2,1H3. The molecule has 0 radical (unpaired) electrons. The van der Waals surface area contributed by atoms with Gasteiger partial charge in [0.05, 0.1) is 12.2 Å². The number of Topliss-reactive ketones (excluding diaryl/α,β-unsaturated/α-hetero) is 1. The lowest BCUT2D eigenvalue weighted by Gasteiger charge is -2.32. The first kappa shape index (κ1) is 22.6. The monoisotopic (exact) mass is 462 g/mol. The van der Waals surface area contributed by atoms with Gasteiger partial charge < -0.3 is 14.7 Å². The third-order valence-electron chi connectivity index (χ3n) is 6.34. The zero-order chi connectivity index (χ0) is 22.9. The SMILES string of the molecule is Cn1ccc2c1C(=NO)CN(CCCN1CCC(C(=O)c3ccc(F)cc3)CC1)S2(=O)=O. The maximum absolute atomic E-state index is 13.1. The molecule has 8 nitrogen and oxygen atoms in total. The van der Waals surface area contributed by atoms with Crippen LogP contribution in [0.15, 0.2) is 46.6 Å². The number of nitrogens with zero attached hydrogens (tertiary/aromatic N) is 4. The van der Waals surface area contributed by atoms with Gasteiger partial charge in [-0.05, 0) is 69.2 Å². The van der Waals surface area contributed by atoms with Crippen LogP contribution in [0.3, 0.4) is 0 Å². The lowest BCUT2D eigenvalue weighted by Crippen LogP contribution is -2.43. The molecule has 4 rings (SSSR count). The molecule has 2 aliphatic heterocycles. The van der Waals surface area contributed by atoms with Crippen LogP contribution >= 0.6 is 0 Å². The third-order valence-corrected chi connectivity index (χ3v) is 8.22. The van der Waals surface area contributed by atoms with Crippen molar-refractivity contribution < 1.29 is 22.8 Å². The molecule has 2 aromatic rings. The van der Waals surface area contributed by atoms with E-state index in [1.54, 1.807) is 17.8 Å². The van der Waals surface area contributed by atoms with Crippen LogP contribution in [0.2, 0.25) is 0 Å². The summed E-state index contributed by atoms with van der Waals surface area (Å²) in [6.07, 6.45) is 3.74. The molecule has 0 bridgehead atoms. The predicted molar refractivity (Wildman–Crippen MR) is 117 cm³/mol. The Hall–Kier alpha value is -2.56. The fourth-order valence-corrected chi connectivity index (χ4v) is 6.22. The van der Waals surface area contributed by atoms with Gasteiger partial charge in [0.25, 0.3) is 0 Å². The molecule has 32 heavy (non-hydrogen) atoms. The van der Waals surface area contributed by atoms with Gasteiger partial charge in [-0.3, -0.25) is 4.79 Å². The average Bonchev–Trinajstić information content (AvgIpc) is 3.19. The maximum Gasteiger partial charge on any atom is 0.245 e. The minimum atomic E-state index is -3.63. The van der Waals surface area contributed by atoms with Gasteiger partial charge >= 0.3 is 0 Å². The van der Waals surface area contributed by atoms with Crippen molar-refractivity contribution >= 4 is 21.5 Å². The lowest BCUT2D eigenvalue weighted by atomic mass is 9.89. The Morgan fingerprint density at radius 3 is 2.50 bits per heavy atom. The van der Waals surface area contributed by atoms with E-state index in [2.05, 4.69) is 10.1 Å². The number of carbonyl (C=O) groups excluding carboxylic acids is 1. The van der Waals surface area contributed by atoms with E-state index in [1.807, 2.05) is 0 Å². The van der Waals surface area contributed by atoms with Crippen molar-refractivity contribution in [2.45, 2.75) is 24.2 Å². The van der Waals surface area contributed by atoms with Gasteiger partial charge in [-0.1, -0.05) is 5.16 Å². The van der Waals surface area contributed by atoms with E-state index < -0.39 is 10.0 Å². The quantitative estimate of drug-likeness (QED) is 0.404. The molecule has 1 saturated heterocycles. The van der Waals surface area contributed by atoms with Gasteiger partial charge in [-0.15, -0.1) is 0 Å².